The highest BCUT2D eigenvalue weighted by molar-refractivity contribution is 5.81. The van der Waals surface area contributed by atoms with Gasteiger partial charge in [0.1, 0.15) is 12.2 Å². The van der Waals surface area contributed by atoms with Crippen molar-refractivity contribution in [3.05, 3.63) is 0 Å². The first-order valence-corrected chi connectivity index (χ1v) is 9.86. The number of carbonyl (C=O) groups is 4. The molecule has 4 unspecified atom stereocenters. The van der Waals surface area contributed by atoms with E-state index in [1.807, 2.05) is 13.8 Å². The molecule has 0 aromatic rings. The first-order chi connectivity index (χ1) is 13.5. The smallest absolute Gasteiger partial charge is 0.379 e. The predicted molar refractivity (Wildman–Crippen MR) is 100 cm³/mol. The van der Waals surface area contributed by atoms with Crippen LogP contribution in [-0.4, -0.2) is 54.6 Å². The Labute approximate surface area is 171 Å². The predicted octanol–water partition coefficient (Wildman–Crippen LogP) is 2.14. The van der Waals surface area contributed by atoms with Crippen LogP contribution in [0.1, 0.15) is 61.3 Å². The largest absolute Gasteiger partial charge is 0.461 e. The third-order valence-corrected chi connectivity index (χ3v) is 4.94. The van der Waals surface area contributed by atoms with Crippen LogP contribution >= 0.6 is 0 Å². The normalized spacial score (nSPS) is 28.6. The van der Waals surface area contributed by atoms with E-state index < -0.39 is 48.0 Å². The average Bonchev–Trinajstić information content (AvgIpc) is 2.60. The number of hydrogen-bond donors (Lipinski definition) is 0. The van der Waals surface area contributed by atoms with Crippen molar-refractivity contribution >= 4 is 23.9 Å². The fourth-order valence-corrected chi connectivity index (χ4v) is 3.53. The molecular weight excluding hydrogens is 384 g/mol. The molecule has 0 saturated carbocycles. The molecule has 0 aromatic heterocycles. The molecule has 0 aromatic carbocycles. The lowest BCUT2D eigenvalue weighted by molar-refractivity contribution is -0.303. The maximum Gasteiger partial charge on any atom is 0.379 e. The Bertz CT molecular complexity index is 617. The van der Waals surface area contributed by atoms with Crippen LogP contribution in [0.25, 0.3) is 0 Å². The first-order valence-electron chi connectivity index (χ1n) is 9.86. The van der Waals surface area contributed by atoms with Gasteiger partial charge in [-0.05, 0) is 25.2 Å². The first kappa shape index (κ1) is 24.9. The number of rotatable bonds is 8. The molecule has 1 fully saturated rings. The van der Waals surface area contributed by atoms with Crippen molar-refractivity contribution in [2.75, 3.05) is 6.61 Å². The Morgan fingerprint density at radius 2 is 1.59 bits per heavy atom. The van der Waals surface area contributed by atoms with Gasteiger partial charge in [0, 0.05) is 27.2 Å². The standard InChI is InChI=1S/C20H32O9/c1-8-16(26-13(5)21)18(27-14(6)22)17-12(4)11(3)10-20(29-17,28-15(7)23)19(24)25-9-2/h11-12,16-18H,8-10H2,1-7H3/t11?,12?,16-,17?,18-,20?/m1/s1. The maximum absolute atomic E-state index is 12.7. The molecule has 0 radical (unpaired) electrons. The molecule has 0 N–H and O–H groups in total. The minimum atomic E-state index is -1.97. The van der Waals surface area contributed by atoms with Crippen molar-refractivity contribution < 1.29 is 42.9 Å². The van der Waals surface area contributed by atoms with Crippen LogP contribution in [0.3, 0.4) is 0 Å². The van der Waals surface area contributed by atoms with Crippen LogP contribution in [-0.2, 0) is 42.9 Å². The van der Waals surface area contributed by atoms with Gasteiger partial charge in [0.25, 0.3) is 0 Å². The lowest BCUT2D eigenvalue weighted by Gasteiger charge is -2.47. The summed E-state index contributed by atoms with van der Waals surface area (Å²) >= 11 is 0. The van der Waals surface area contributed by atoms with Gasteiger partial charge in [0.05, 0.1) is 6.61 Å². The van der Waals surface area contributed by atoms with Gasteiger partial charge in [0.15, 0.2) is 6.10 Å². The van der Waals surface area contributed by atoms with E-state index >= 15 is 0 Å². The summed E-state index contributed by atoms with van der Waals surface area (Å²) in [4.78, 5) is 47.8. The molecule has 6 atom stereocenters. The lowest BCUT2D eigenvalue weighted by Crippen LogP contribution is -2.60. The quantitative estimate of drug-likeness (QED) is 0.433. The summed E-state index contributed by atoms with van der Waals surface area (Å²) in [6.45, 7) is 10.9. The highest BCUT2D eigenvalue weighted by Crippen LogP contribution is 2.41. The van der Waals surface area contributed by atoms with Gasteiger partial charge < -0.3 is 23.7 Å². The minimum Gasteiger partial charge on any atom is -0.461 e. The summed E-state index contributed by atoms with van der Waals surface area (Å²) in [5, 5.41) is 0. The van der Waals surface area contributed by atoms with E-state index in [0.29, 0.717) is 6.42 Å². The van der Waals surface area contributed by atoms with Gasteiger partial charge in [-0.3, -0.25) is 14.4 Å². The topological polar surface area (TPSA) is 114 Å². The molecule has 1 rings (SSSR count). The third kappa shape index (κ3) is 6.42. The van der Waals surface area contributed by atoms with E-state index in [1.165, 1.54) is 20.8 Å². The second-order valence-electron chi connectivity index (χ2n) is 7.32. The van der Waals surface area contributed by atoms with Crippen LogP contribution in [0.5, 0.6) is 0 Å². The highest BCUT2D eigenvalue weighted by Gasteiger charge is 2.56. The molecule has 0 bridgehead atoms. The molecule has 9 heteroatoms. The van der Waals surface area contributed by atoms with Crippen LogP contribution in [0.15, 0.2) is 0 Å². The van der Waals surface area contributed by atoms with Crippen molar-refractivity contribution in [2.24, 2.45) is 11.8 Å². The maximum atomic E-state index is 12.7. The third-order valence-electron chi connectivity index (χ3n) is 4.94. The number of ether oxygens (including phenoxy) is 5. The van der Waals surface area contributed by atoms with Crippen molar-refractivity contribution in [1.82, 2.24) is 0 Å². The van der Waals surface area contributed by atoms with Crippen LogP contribution in [0, 0.1) is 11.8 Å². The molecule has 0 spiro atoms. The molecule has 9 nitrogen and oxygen atoms in total. The molecule has 0 amide bonds. The van der Waals surface area contributed by atoms with Crippen molar-refractivity contribution in [3.8, 4) is 0 Å². The second kappa shape index (κ2) is 10.6. The molecule has 1 aliphatic rings. The Morgan fingerprint density at radius 3 is 2.03 bits per heavy atom. The fraction of sp³-hybridized carbons (Fsp3) is 0.800. The fourth-order valence-electron chi connectivity index (χ4n) is 3.53. The van der Waals surface area contributed by atoms with E-state index in [-0.39, 0.29) is 24.9 Å². The lowest BCUT2D eigenvalue weighted by atomic mass is 9.79. The number of carbonyl (C=O) groups excluding carboxylic acids is 4. The summed E-state index contributed by atoms with van der Waals surface area (Å²) in [7, 11) is 0. The van der Waals surface area contributed by atoms with Gasteiger partial charge >= 0.3 is 29.7 Å². The Morgan fingerprint density at radius 1 is 1.00 bits per heavy atom. The van der Waals surface area contributed by atoms with E-state index in [4.69, 9.17) is 23.7 Å². The molecule has 0 aliphatic carbocycles. The molecule has 166 valence electrons. The second-order valence-corrected chi connectivity index (χ2v) is 7.32. The van der Waals surface area contributed by atoms with Crippen molar-refractivity contribution in [1.29, 1.82) is 0 Å². The zero-order valence-corrected chi connectivity index (χ0v) is 18.2. The summed E-state index contributed by atoms with van der Waals surface area (Å²) in [6, 6.07) is 0. The van der Waals surface area contributed by atoms with Crippen molar-refractivity contribution in [2.45, 2.75) is 85.4 Å². The molecular formula is C20H32O9. The van der Waals surface area contributed by atoms with Crippen LogP contribution in [0.2, 0.25) is 0 Å². The van der Waals surface area contributed by atoms with E-state index in [0.717, 1.165) is 0 Å². The molecule has 1 saturated heterocycles. The van der Waals surface area contributed by atoms with Crippen LogP contribution in [0.4, 0.5) is 0 Å². The monoisotopic (exact) mass is 416 g/mol. The summed E-state index contributed by atoms with van der Waals surface area (Å²) < 4.78 is 27.2. The zero-order valence-electron chi connectivity index (χ0n) is 18.2. The van der Waals surface area contributed by atoms with E-state index in [1.54, 1.807) is 13.8 Å². The van der Waals surface area contributed by atoms with Gasteiger partial charge in [-0.25, -0.2) is 4.79 Å². The zero-order chi connectivity index (χ0) is 22.4. The highest BCUT2D eigenvalue weighted by atomic mass is 16.8. The Kier molecular flexibility index (Phi) is 9.07. The van der Waals surface area contributed by atoms with Crippen LogP contribution < -0.4 is 0 Å². The number of esters is 4. The molecule has 29 heavy (non-hydrogen) atoms. The molecule has 1 aliphatic heterocycles. The number of hydrogen-bond acceptors (Lipinski definition) is 9. The summed E-state index contributed by atoms with van der Waals surface area (Å²) in [5.74, 6) is -5.01. The van der Waals surface area contributed by atoms with E-state index in [9.17, 15) is 19.2 Å². The molecule has 1 heterocycles. The van der Waals surface area contributed by atoms with Gasteiger partial charge in [0.2, 0.25) is 0 Å². The summed E-state index contributed by atoms with van der Waals surface area (Å²) in [6.07, 6.45) is -2.25. The minimum absolute atomic E-state index is 0.0677. The Hall–Kier alpha value is -2.16. The van der Waals surface area contributed by atoms with Crippen molar-refractivity contribution in [3.63, 3.8) is 0 Å². The SMILES string of the molecule is CCOC(=O)C1(OC(C)=O)CC(C)C(C)C([C@H](OC(C)=O)[C@@H](CC)OC(C)=O)O1. The van der Waals surface area contributed by atoms with Gasteiger partial charge in [-0.15, -0.1) is 0 Å². The Balaban J connectivity index is 3.40. The van der Waals surface area contributed by atoms with E-state index in [2.05, 4.69) is 0 Å². The van der Waals surface area contributed by atoms with Gasteiger partial charge in [-0.2, -0.15) is 0 Å². The van der Waals surface area contributed by atoms with Gasteiger partial charge in [-0.1, -0.05) is 20.8 Å². The average molecular weight is 416 g/mol. The summed E-state index contributed by atoms with van der Waals surface area (Å²) in [5.41, 5.74) is 0.